The van der Waals surface area contributed by atoms with Gasteiger partial charge in [0.15, 0.2) is 0 Å². The Morgan fingerprint density at radius 3 is 2.71 bits per heavy atom. The molecule has 24 heavy (non-hydrogen) atoms. The normalized spacial score (nSPS) is 20.4. The number of anilines is 2. The molecular formula is C18H19ClN2O3. The molecule has 0 radical (unpaired) electrons. The van der Waals surface area contributed by atoms with Gasteiger partial charge in [0.2, 0.25) is 0 Å². The number of nitrogens with two attached hydrogens (primary N) is 1. The molecule has 0 spiro atoms. The summed E-state index contributed by atoms with van der Waals surface area (Å²) in [4.78, 5) is 14.6. The van der Waals surface area contributed by atoms with E-state index >= 15 is 0 Å². The standard InChI is InChI=1S/C18H19ClN2O3/c1-10-8-12(20)3-4-13(10)18(24)21-7-6-16(22)17(23)14-9-11(19)2-5-15(14)21/h2-5,8-9,16-17,22-23H,6-7,20H2,1H3/t16-,17-/m1/s1. The molecule has 4 N–H and O–H groups in total. The predicted octanol–water partition coefficient (Wildman–Crippen LogP) is 2.68. The fourth-order valence-corrected chi connectivity index (χ4v) is 3.22. The first-order chi connectivity index (χ1) is 11.4. The van der Waals surface area contributed by atoms with Gasteiger partial charge in [-0.05, 0) is 55.3 Å². The van der Waals surface area contributed by atoms with Crippen molar-refractivity contribution < 1.29 is 15.0 Å². The zero-order valence-corrected chi connectivity index (χ0v) is 14.0. The molecule has 5 nitrogen and oxygen atoms in total. The van der Waals surface area contributed by atoms with E-state index in [-0.39, 0.29) is 12.3 Å². The number of carbonyl (C=O) groups is 1. The Morgan fingerprint density at radius 2 is 2.00 bits per heavy atom. The van der Waals surface area contributed by atoms with Crippen LogP contribution in [0.15, 0.2) is 36.4 Å². The number of rotatable bonds is 1. The lowest BCUT2D eigenvalue weighted by Crippen LogP contribution is -2.33. The van der Waals surface area contributed by atoms with Gasteiger partial charge in [0.25, 0.3) is 5.91 Å². The molecule has 0 saturated carbocycles. The minimum absolute atomic E-state index is 0.197. The Balaban J connectivity index is 2.07. The molecule has 0 bridgehead atoms. The van der Waals surface area contributed by atoms with Gasteiger partial charge < -0.3 is 20.8 Å². The first-order valence-electron chi connectivity index (χ1n) is 7.72. The van der Waals surface area contributed by atoms with E-state index in [1.165, 1.54) is 0 Å². The lowest BCUT2D eigenvalue weighted by atomic mass is 10.0. The summed E-state index contributed by atoms with van der Waals surface area (Å²) in [6.45, 7) is 2.13. The Bertz CT molecular complexity index is 794. The summed E-state index contributed by atoms with van der Waals surface area (Å²) in [5.74, 6) is -0.197. The van der Waals surface area contributed by atoms with Crippen LogP contribution in [0.4, 0.5) is 11.4 Å². The maximum absolute atomic E-state index is 13.0. The van der Waals surface area contributed by atoms with Gasteiger partial charge in [-0.15, -0.1) is 0 Å². The lowest BCUT2D eigenvalue weighted by molar-refractivity contribution is 0.0176. The zero-order chi connectivity index (χ0) is 17.4. The van der Waals surface area contributed by atoms with Crippen LogP contribution in [0.5, 0.6) is 0 Å². The largest absolute Gasteiger partial charge is 0.399 e. The number of hydrogen-bond donors (Lipinski definition) is 3. The van der Waals surface area contributed by atoms with E-state index in [9.17, 15) is 15.0 Å². The third kappa shape index (κ3) is 2.98. The Hall–Kier alpha value is -2.08. The van der Waals surface area contributed by atoms with Crippen LogP contribution in [0.2, 0.25) is 5.02 Å². The summed E-state index contributed by atoms with van der Waals surface area (Å²) in [7, 11) is 0. The molecule has 0 unspecified atom stereocenters. The van der Waals surface area contributed by atoms with Gasteiger partial charge in [-0.25, -0.2) is 0 Å². The van der Waals surface area contributed by atoms with Gasteiger partial charge in [-0.1, -0.05) is 11.6 Å². The van der Waals surface area contributed by atoms with Crippen molar-refractivity contribution in [1.82, 2.24) is 0 Å². The van der Waals surface area contributed by atoms with Crippen molar-refractivity contribution in [3.8, 4) is 0 Å². The molecule has 1 amide bonds. The number of amides is 1. The summed E-state index contributed by atoms with van der Waals surface area (Å²) in [5, 5.41) is 20.9. The van der Waals surface area contributed by atoms with Gasteiger partial charge in [0.1, 0.15) is 6.10 Å². The molecule has 1 aliphatic heterocycles. The van der Waals surface area contributed by atoms with Crippen LogP contribution in [-0.2, 0) is 0 Å². The van der Waals surface area contributed by atoms with Crippen molar-refractivity contribution in [3.63, 3.8) is 0 Å². The number of carbonyl (C=O) groups excluding carboxylic acids is 1. The summed E-state index contributed by atoms with van der Waals surface area (Å²) < 4.78 is 0. The van der Waals surface area contributed by atoms with Crippen molar-refractivity contribution in [3.05, 3.63) is 58.1 Å². The second-order valence-electron chi connectivity index (χ2n) is 6.04. The van der Waals surface area contributed by atoms with Crippen molar-refractivity contribution in [1.29, 1.82) is 0 Å². The van der Waals surface area contributed by atoms with Crippen LogP contribution in [0.3, 0.4) is 0 Å². The molecule has 0 saturated heterocycles. The first-order valence-corrected chi connectivity index (χ1v) is 8.10. The number of nitrogen functional groups attached to an aromatic ring is 1. The number of benzene rings is 2. The van der Waals surface area contributed by atoms with Gasteiger partial charge in [-0.2, -0.15) is 0 Å². The van der Waals surface area contributed by atoms with Crippen molar-refractivity contribution >= 4 is 28.9 Å². The molecule has 6 heteroatoms. The fourth-order valence-electron chi connectivity index (χ4n) is 3.04. The summed E-state index contributed by atoms with van der Waals surface area (Å²) >= 11 is 6.02. The summed E-state index contributed by atoms with van der Waals surface area (Å²) in [6, 6.07) is 10.1. The highest BCUT2D eigenvalue weighted by molar-refractivity contribution is 6.30. The average Bonchev–Trinajstić information content (AvgIpc) is 2.65. The Morgan fingerprint density at radius 1 is 1.25 bits per heavy atom. The van der Waals surface area contributed by atoms with Crippen molar-refractivity contribution in [2.75, 3.05) is 17.2 Å². The zero-order valence-electron chi connectivity index (χ0n) is 13.2. The van der Waals surface area contributed by atoms with Crippen molar-refractivity contribution in [2.45, 2.75) is 25.6 Å². The number of hydrogen-bond acceptors (Lipinski definition) is 4. The first kappa shape index (κ1) is 16.8. The number of fused-ring (bicyclic) bond motifs is 1. The monoisotopic (exact) mass is 346 g/mol. The highest BCUT2D eigenvalue weighted by Gasteiger charge is 2.31. The SMILES string of the molecule is Cc1cc(N)ccc1C(=O)N1CC[C@@H](O)[C@H](O)c2cc(Cl)ccc21. The number of halogens is 1. The van der Waals surface area contributed by atoms with Crippen LogP contribution in [0.1, 0.15) is 34.0 Å². The third-order valence-electron chi connectivity index (χ3n) is 4.34. The van der Waals surface area contributed by atoms with Crippen molar-refractivity contribution in [2.24, 2.45) is 0 Å². The molecule has 2 atom stereocenters. The van der Waals surface area contributed by atoms with E-state index in [0.29, 0.717) is 34.1 Å². The quantitative estimate of drug-likeness (QED) is 0.693. The maximum Gasteiger partial charge on any atom is 0.258 e. The molecule has 3 rings (SSSR count). The van der Waals surface area contributed by atoms with E-state index in [1.807, 2.05) is 6.92 Å². The molecular weight excluding hydrogens is 328 g/mol. The van der Waals surface area contributed by atoms with Gasteiger partial charge >= 0.3 is 0 Å². The molecule has 126 valence electrons. The molecule has 0 aliphatic carbocycles. The highest BCUT2D eigenvalue weighted by atomic mass is 35.5. The predicted molar refractivity (Wildman–Crippen MR) is 94.3 cm³/mol. The lowest BCUT2D eigenvalue weighted by Gasteiger charge is -2.24. The summed E-state index contributed by atoms with van der Waals surface area (Å²) in [5.41, 5.74) is 8.68. The number of aliphatic hydroxyl groups is 2. The summed E-state index contributed by atoms with van der Waals surface area (Å²) in [6.07, 6.45) is -1.76. The fraction of sp³-hybridized carbons (Fsp3) is 0.278. The number of aryl methyl sites for hydroxylation is 1. The molecule has 2 aromatic carbocycles. The minimum atomic E-state index is -1.08. The van der Waals surface area contributed by atoms with Gasteiger partial charge in [-0.3, -0.25) is 4.79 Å². The Kier molecular flexibility index (Phi) is 4.49. The van der Waals surface area contributed by atoms with Crippen LogP contribution < -0.4 is 10.6 Å². The maximum atomic E-state index is 13.0. The van der Waals surface area contributed by atoms with E-state index < -0.39 is 12.2 Å². The average molecular weight is 347 g/mol. The van der Waals surface area contributed by atoms with Crippen LogP contribution >= 0.6 is 11.6 Å². The second kappa shape index (κ2) is 6.43. The molecule has 0 aromatic heterocycles. The Labute approximate surface area is 145 Å². The number of nitrogens with zero attached hydrogens (tertiary/aromatic N) is 1. The molecule has 1 heterocycles. The van der Waals surface area contributed by atoms with E-state index in [1.54, 1.807) is 41.3 Å². The third-order valence-corrected chi connectivity index (χ3v) is 4.57. The van der Waals surface area contributed by atoms with E-state index in [2.05, 4.69) is 0 Å². The molecule has 0 fully saturated rings. The highest BCUT2D eigenvalue weighted by Crippen LogP contribution is 2.36. The van der Waals surface area contributed by atoms with Crippen LogP contribution in [-0.4, -0.2) is 28.8 Å². The second-order valence-corrected chi connectivity index (χ2v) is 6.47. The molecule has 2 aromatic rings. The smallest absolute Gasteiger partial charge is 0.258 e. The topological polar surface area (TPSA) is 86.8 Å². The van der Waals surface area contributed by atoms with E-state index in [0.717, 1.165) is 5.56 Å². The minimum Gasteiger partial charge on any atom is -0.399 e. The van der Waals surface area contributed by atoms with Gasteiger partial charge in [0.05, 0.1) is 6.10 Å². The van der Waals surface area contributed by atoms with Crippen LogP contribution in [0, 0.1) is 6.92 Å². The van der Waals surface area contributed by atoms with Crippen LogP contribution in [0.25, 0.3) is 0 Å². The van der Waals surface area contributed by atoms with E-state index in [4.69, 9.17) is 17.3 Å². The molecule has 1 aliphatic rings. The number of aliphatic hydroxyl groups excluding tert-OH is 2. The van der Waals surface area contributed by atoms with Gasteiger partial charge in [0, 0.05) is 34.1 Å².